The molecule has 1 aliphatic heterocycles. The number of nitrogens with one attached hydrogen (secondary N) is 1. The minimum atomic E-state index is -4.09. The predicted octanol–water partition coefficient (Wildman–Crippen LogP) is 2.79. The highest BCUT2D eigenvalue weighted by atomic mass is 32.2. The second-order valence-corrected chi connectivity index (χ2v) is 8.31. The number of carbonyl (C=O) groups excluding carboxylic acids is 1. The highest BCUT2D eigenvalue weighted by molar-refractivity contribution is 7.87. The van der Waals surface area contributed by atoms with Crippen molar-refractivity contribution in [3.05, 3.63) is 83.9 Å². The molecule has 1 unspecified atom stereocenters. The fraction of sp³-hybridized carbons (Fsp3) is 0.136. The monoisotopic (exact) mass is 408 g/mol. The molecule has 0 saturated heterocycles. The van der Waals surface area contributed by atoms with Gasteiger partial charge in [-0.2, -0.15) is 8.42 Å². The van der Waals surface area contributed by atoms with E-state index in [1.165, 1.54) is 6.07 Å². The van der Waals surface area contributed by atoms with Crippen LogP contribution in [0.1, 0.15) is 17.2 Å². The number of primary amides is 1. The first-order valence-electron chi connectivity index (χ1n) is 9.20. The van der Waals surface area contributed by atoms with E-state index in [1.54, 1.807) is 36.4 Å². The van der Waals surface area contributed by atoms with Gasteiger partial charge in [-0.3, -0.25) is 4.79 Å². The van der Waals surface area contributed by atoms with Crippen molar-refractivity contribution in [3.8, 4) is 16.9 Å². The van der Waals surface area contributed by atoms with E-state index < -0.39 is 22.1 Å². The van der Waals surface area contributed by atoms with Gasteiger partial charge in [-0.25, -0.2) is 0 Å². The Kier molecular flexibility index (Phi) is 5.08. The van der Waals surface area contributed by atoms with Crippen molar-refractivity contribution in [1.82, 2.24) is 5.32 Å². The van der Waals surface area contributed by atoms with Gasteiger partial charge in [-0.15, -0.1) is 0 Å². The number of amides is 1. The summed E-state index contributed by atoms with van der Waals surface area (Å²) in [5.41, 5.74) is 8.40. The molecule has 0 fully saturated rings. The maximum Gasteiger partial charge on any atom is 0.339 e. The Hall–Kier alpha value is -3.16. The third-order valence-corrected chi connectivity index (χ3v) is 6.21. The van der Waals surface area contributed by atoms with Crippen molar-refractivity contribution in [2.24, 2.45) is 5.73 Å². The summed E-state index contributed by atoms with van der Waals surface area (Å²) in [5, 5.41) is 3.05. The Morgan fingerprint density at radius 3 is 2.48 bits per heavy atom. The summed E-state index contributed by atoms with van der Waals surface area (Å²) in [6, 6.07) is 20.2. The molecule has 0 spiro atoms. The molecule has 0 radical (unpaired) electrons. The van der Waals surface area contributed by atoms with Crippen molar-refractivity contribution in [1.29, 1.82) is 0 Å². The second kappa shape index (κ2) is 7.69. The molecule has 0 aromatic heterocycles. The van der Waals surface area contributed by atoms with Crippen LogP contribution in [0.3, 0.4) is 0 Å². The summed E-state index contributed by atoms with van der Waals surface area (Å²) in [4.78, 5) is 11.8. The molecule has 1 amide bonds. The zero-order chi connectivity index (χ0) is 20.4. The maximum absolute atomic E-state index is 13.0. The summed E-state index contributed by atoms with van der Waals surface area (Å²) >= 11 is 0. The average Bonchev–Trinajstić information content (AvgIpc) is 2.73. The number of benzene rings is 3. The zero-order valence-electron chi connectivity index (χ0n) is 15.5. The minimum Gasteiger partial charge on any atom is -0.379 e. The highest BCUT2D eigenvalue weighted by Crippen LogP contribution is 2.32. The molecule has 3 aromatic rings. The maximum atomic E-state index is 13.0. The lowest BCUT2D eigenvalue weighted by Gasteiger charge is -2.25. The fourth-order valence-corrected chi connectivity index (χ4v) is 4.70. The molecule has 1 atom stereocenters. The van der Waals surface area contributed by atoms with E-state index in [-0.39, 0.29) is 10.6 Å². The molecule has 6 nitrogen and oxygen atoms in total. The van der Waals surface area contributed by atoms with Crippen LogP contribution in [0.4, 0.5) is 0 Å². The molecule has 29 heavy (non-hydrogen) atoms. The largest absolute Gasteiger partial charge is 0.379 e. The van der Waals surface area contributed by atoms with E-state index in [1.807, 2.05) is 30.3 Å². The Bertz CT molecular complexity index is 1160. The third kappa shape index (κ3) is 3.87. The van der Waals surface area contributed by atoms with E-state index in [0.29, 0.717) is 17.7 Å². The Morgan fingerprint density at radius 2 is 1.72 bits per heavy atom. The molecular weight excluding hydrogens is 388 g/mol. The van der Waals surface area contributed by atoms with E-state index >= 15 is 0 Å². The lowest BCUT2D eigenvalue weighted by atomic mass is 9.94. The average molecular weight is 408 g/mol. The summed E-state index contributed by atoms with van der Waals surface area (Å²) in [6.07, 6.45) is 0.725. The van der Waals surface area contributed by atoms with Crippen LogP contribution in [-0.2, 0) is 21.3 Å². The normalized spacial score (nSPS) is 16.1. The van der Waals surface area contributed by atoms with Gasteiger partial charge in [-0.05, 0) is 41.3 Å². The SMILES string of the molecule is NC(=O)C1NCCc2ccc(OS(=O)(=O)c3ccccc3-c3ccccc3)cc21. The first-order valence-corrected chi connectivity index (χ1v) is 10.6. The van der Waals surface area contributed by atoms with Gasteiger partial charge in [0.25, 0.3) is 0 Å². The van der Waals surface area contributed by atoms with Gasteiger partial charge in [0.2, 0.25) is 5.91 Å². The minimum absolute atomic E-state index is 0.0773. The molecule has 148 valence electrons. The van der Waals surface area contributed by atoms with Gasteiger partial charge in [0, 0.05) is 12.1 Å². The summed E-state index contributed by atoms with van der Waals surface area (Å²) in [7, 11) is -4.09. The van der Waals surface area contributed by atoms with Crippen molar-refractivity contribution in [3.63, 3.8) is 0 Å². The number of carbonyl (C=O) groups is 1. The molecule has 4 rings (SSSR count). The van der Waals surface area contributed by atoms with Crippen LogP contribution < -0.4 is 15.2 Å². The van der Waals surface area contributed by atoms with E-state index in [2.05, 4.69) is 5.32 Å². The van der Waals surface area contributed by atoms with Crippen LogP contribution in [0.15, 0.2) is 77.7 Å². The molecule has 3 N–H and O–H groups in total. The van der Waals surface area contributed by atoms with Gasteiger partial charge in [0.1, 0.15) is 16.7 Å². The smallest absolute Gasteiger partial charge is 0.339 e. The second-order valence-electron chi connectivity index (χ2n) is 6.80. The van der Waals surface area contributed by atoms with Crippen LogP contribution in [0.5, 0.6) is 5.75 Å². The van der Waals surface area contributed by atoms with Gasteiger partial charge in [0.15, 0.2) is 0 Å². The molecule has 1 heterocycles. The number of hydrogen-bond acceptors (Lipinski definition) is 5. The zero-order valence-corrected chi connectivity index (χ0v) is 16.4. The first-order chi connectivity index (χ1) is 14.0. The molecule has 0 bridgehead atoms. The van der Waals surface area contributed by atoms with Gasteiger partial charge in [0.05, 0.1) is 0 Å². The highest BCUT2D eigenvalue weighted by Gasteiger charge is 2.26. The van der Waals surface area contributed by atoms with Gasteiger partial charge in [-0.1, -0.05) is 54.6 Å². The van der Waals surface area contributed by atoms with Crippen LogP contribution in [-0.4, -0.2) is 20.9 Å². The predicted molar refractivity (Wildman–Crippen MR) is 110 cm³/mol. The lowest BCUT2D eigenvalue weighted by molar-refractivity contribution is -0.120. The molecule has 1 aliphatic rings. The molecule has 3 aromatic carbocycles. The van der Waals surface area contributed by atoms with Crippen LogP contribution in [0.2, 0.25) is 0 Å². The first kappa shape index (κ1) is 19.2. The number of fused-ring (bicyclic) bond motifs is 1. The van der Waals surface area contributed by atoms with Crippen LogP contribution >= 0.6 is 0 Å². The summed E-state index contributed by atoms with van der Waals surface area (Å²) < 4.78 is 31.5. The van der Waals surface area contributed by atoms with Crippen molar-refractivity contribution in [2.45, 2.75) is 17.4 Å². The van der Waals surface area contributed by atoms with E-state index in [9.17, 15) is 13.2 Å². The van der Waals surface area contributed by atoms with Crippen LogP contribution in [0, 0.1) is 0 Å². The molecule has 0 saturated carbocycles. The van der Waals surface area contributed by atoms with E-state index in [4.69, 9.17) is 9.92 Å². The summed E-state index contributed by atoms with van der Waals surface area (Å²) in [6.45, 7) is 0.629. The molecule has 0 aliphatic carbocycles. The van der Waals surface area contributed by atoms with Crippen molar-refractivity contribution >= 4 is 16.0 Å². The Morgan fingerprint density at radius 1 is 1.00 bits per heavy atom. The third-order valence-electron chi connectivity index (χ3n) is 4.90. The topological polar surface area (TPSA) is 98.5 Å². The number of nitrogens with two attached hydrogens (primary N) is 1. The van der Waals surface area contributed by atoms with Crippen LogP contribution in [0.25, 0.3) is 11.1 Å². The Balaban J connectivity index is 1.71. The van der Waals surface area contributed by atoms with E-state index in [0.717, 1.165) is 17.5 Å². The van der Waals surface area contributed by atoms with Gasteiger partial charge >= 0.3 is 10.1 Å². The van der Waals surface area contributed by atoms with Crippen molar-refractivity contribution in [2.75, 3.05) is 6.54 Å². The van der Waals surface area contributed by atoms with Crippen molar-refractivity contribution < 1.29 is 17.4 Å². The summed E-state index contributed by atoms with van der Waals surface area (Å²) in [5.74, 6) is -0.373. The molecular formula is C22H20N2O4S. The standard InChI is InChI=1S/C22H20N2O4S/c23-22(25)21-19-14-17(11-10-16(19)12-13-24-21)28-29(26,27)20-9-5-4-8-18(20)15-6-2-1-3-7-15/h1-11,14,21,24H,12-13H2,(H2,23,25). The Labute approximate surface area is 169 Å². The number of rotatable bonds is 5. The number of hydrogen-bond donors (Lipinski definition) is 2. The fourth-order valence-electron chi connectivity index (χ4n) is 3.55. The van der Waals surface area contributed by atoms with Gasteiger partial charge < -0.3 is 15.2 Å². The molecule has 7 heteroatoms. The lowest BCUT2D eigenvalue weighted by Crippen LogP contribution is -2.38. The quantitative estimate of drug-likeness (QED) is 0.633.